The van der Waals surface area contributed by atoms with Crippen molar-refractivity contribution in [2.75, 3.05) is 26.2 Å². The second-order valence-electron chi connectivity index (χ2n) is 7.08. The molecule has 6 nitrogen and oxygen atoms in total. The molecule has 1 aromatic carbocycles. The maximum absolute atomic E-state index is 12.3. The van der Waals surface area contributed by atoms with Crippen molar-refractivity contribution in [3.8, 4) is 11.8 Å². The van der Waals surface area contributed by atoms with Crippen molar-refractivity contribution in [3.05, 3.63) is 84.1 Å². The smallest absolute Gasteiger partial charge is 0.246 e. The van der Waals surface area contributed by atoms with E-state index in [2.05, 4.69) is 27.8 Å². The van der Waals surface area contributed by atoms with Crippen molar-refractivity contribution < 1.29 is 9.21 Å². The number of furan rings is 1. The number of piperazine rings is 1. The maximum atomic E-state index is 12.3. The summed E-state index contributed by atoms with van der Waals surface area (Å²) in [6.07, 6.45) is 10.8. The van der Waals surface area contributed by atoms with Crippen LogP contribution in [0, 0.1) is 11.3 Å². The molecule has 1 amide bonds. The topological polar surface area (TPSA) is 65.4 Å². The Morgan fingerprint density at radius 2 is 1.90 bits per heavy atom. The summed E-state index contributed by atoms with van der Waals surface area (Å²) in [5.41, 5.74) is 3.82. The Morgan fingerprint density at radius 3 is 2.59 bits per heavy atom. The van der Waals surface area contributed by atoms with Crippen LogP contribution in [0.25, 0.3) is 11.8 Å². The molecule has 0 atom stereocenters. The standard InChI is InChI=1S/C23H22N4O2/c24-15-19-1-4-22(5-2-19)27-9-7-21(17-27)16-25-10-12-26(13-11-25)23(28)6-3-20-8-14-29-18-20/h1-9,14,17-18H,10-13,16H2/b6-3+. The SMILES string of the molecule is N#Cc1ccc(-n2ccc(CN3CCN(C(=O)/C=C/c4ccoc4)CC3)c2)cc1. The highest BCUT2D eigenvalue weighted by atomic mass is 16.3. The van der Waals surface area contributed by atoms with Gasteiger partial charge in [0.05, 0.1) is 24.2 Å². The van der Waals surface area contributed by atoms with E-state index in [0.29, 0.717) is 5.56 Å². The molecule has 0 N–H and O–H groups in total. The predicted octanol–water partition coefficient (Wildman–Crippen LogP) is 3.30. The summed E-state index contributed by atoms with van der Waals surface area (Å²) in [5, 5.41) is 8.92. The lowest BCUT2D eigenvalue weighted by atomic mass is 10.2. The number of amides is 1. The van der Waals surface area contributed by atoms with Crippen molar-refractivity contribution in [2.24, 2.45) is 0 Å². The number of hydrogen-bond acceptors (Lipinski definition) is 4. The highest BCUT2D eigenvalue weighted by molar-refractivity contribution is 5.91. The summed E-state index contributed by atoms with van der Waals surface area (Å²) in [6, 6.07) is 13.6. The molecule has 1 aliphatic heterocycles. The average Bonchev–Trinajstić information content (AvgIpc) is 3.45. The first-order valence-corrected chi connectivity index (χ1v) is 9.60. The van der Waals surface area contributed by atoms with Crippen LogP contribution in [0.3, 0.4) is 0 Å². The largest absolute Gasteiger partial charge is 0.472 e. The molecule has 0 unspecified atom stereocenters. The number of benzene rings is 1. The molecule has 0 radical (unpaired) electrons. The van der Waals surface area contributed by atoms with Gasteiger partial charge in [0, 0.05) is 62.4 Å². The Bertz CT molecular complexity index is 1020. The first-order valence-electron chi connectivity index (χ1n) is 9.60. The molecule has 1 saturated heterocycles. The van der Waals surface area contributed by atoms with Gasteiger partial charge in [-0.2, -0.15) is 5.26 Å². The Kier molecular flexibility index (Phi) is 5.59. The summed E-state index contributed by atoms with van der Waals surface area (Å²) in [6.45, 7) is 4.02. The highest BCUT2D eigenvalue weighted by Crippen LogP contribution is 2.15. The van der Waals surface area contributed by atoms with E-state index < -0.39 is 0 Å². The number of carbonyl (C=O) groups is 1. The second-order valence-corrected chi connectivity index (χ2v) is 7.08. The third-order valence-corrected chi connectivity index (χ3v) is 5.10. The molecule has 4 rings (SSSR count). The van der Waals surface area contributed by atoms with Gasteiger partial charge in [-0.1, -0.05) is 0 Å². The zero-order valence-electron chi connectivity index (χ0n) is 16.1. The van der Waals surface area contributed by atoms with Crippen LogP contribution in [-0.4, -0.2) is 46.5 Å². The lowest BCUT2D eigenvalue weighted by Crippen LogP contribution is -2.47. The van der Waals surface area contributed by atoms with Crippen LogP contribution in [0.2, 0.25) is 0 Å². The molecular formula is C23H22N4O2. The van der Waals surface area contributed by atoms with E-state index in [-0.39, 0.29) is 5.91 Å². The fourth-order valence-electron chi connectivity index (χ4n) is 3.43. The number of rotatable bonds is 5. The third kappa shape index (κ3) is 4.65. The maximum Gasteiger partial charge on any atom is 0.246 e. The van der Waals surface area contributed by atoms with E-state index in [4.69, 9.17) is 9.68 Å². The van der Waals surface area contributed by atoms with Crippen molar-refractivity contribution in [1.82, 2.24) is 14.4 Å². The Morgan fingerprint density at radius 1 is 1.10 bits per heavy atom. The minimum absolute atomic E-state index is 0.0396. The van der Waals surface area contributed by atoms with Gasteiger partial charge in [-0.25, -0.2) is 0 Å². The van der Waals surface area contributed by atoms with Crippen LogP contribution in [0.5, 0.6) is 0 Å². The summed E-state index contributed by atoms with van der Waals surface area (Å²) < 4.78 is 7.07. The summed E-state index contributed by atoms with van der Waals surface area (Å²) in [7, 11) is 0. The van der Waals surface area contributed by atoms with Crippen LogP contribution in [-0.2, 0) is 11.3 Å². The van der Waals surface area contributed by atoms with Gasteiger partial charge in [-0.15, -0.1) is 0 Å². The van der Waals surface area contributed by atoms with Crippen molar-refractivity contribution in [1.29, 1.82) is 5.26 Å². The van der Waals surface area contributed by atoms with E-state index >= 15 is 0 Å². The zero-order valence-corrected chi connectivity index (χ0v) is 16.1. The molecule has 1 aliphatic rings. The zero-order chi connectivity index (χ0) is 20.1. The van der Waals surface area contributed by atoms with Gasteiger partial charge < -0.3 is 13.9 Å². The van der Waals surface area contributed by atoms with Gasteiger partial charge in [0.2, 0.25) is 5.91 Å². The fraction of sp³-hybridized carbons (Fsp3) is 0.217. The van der Waals surface area contributed by atoms with Gasteiger partial charge in [0.25, 0.3) is 0 Å². The number of hydrogen-bond donors (Lipinski definition) is 0. The predicted molar refractivity (Wildman–Crippen MR) is 110 cm³/mol. The normalized spacial score (nSPS) is 14.9. The number of nitrogens with zero attached hydrogens (tertiary/aromatic N) is 4. The summed E-state index contributed by atoms with van der Waals surface area (Å²) in [5.74, 6) is 0.0396. The Hall–Kier alpha value is -3.56. The minimum Gasteiger partial charge on any atom is -0.472 e. The molecule has 3 aromatic rings. The molecule has 0 aliphatic carbocycles. The van der Waals surface area contributed by atoms with Gasteiger partial charge >= 0.3 is 0 Å². The number of carbonyl (C=O) groups excluding carboxylic acids is 1. The van der Waals surface area contributed by atoms with Crippen molar-refractivity contribution >= 4 is 12.0 Å². The molecular weight excluding hydrogens is 364 g/mol. The lowest BCUT2D eigenvalue weighted by Gasteiger charge is -2.34. The van der Waals surface area contributed by atoms with E-state index in [1.54, 1.807) is 24.7 Å². The van der Waals surface area contributed by atoms with E-state index in [1.165, 1.54) is 5.56 Å². The van der Waals surface area contributed by atoms with Crippen molar-refractivity contribution in [2.45, 2.75) is 6.54 Å². The monoisotopic (exact) mass is 386 g/mol. The van der Waals surface area contributed by atoms with Crippen LogP contribution in [0.15, 0.2) is 71.8 Å². The first-order chi connectivity index (χ1) is 14.2. The Balaban J connectivity index is 1.29. The molecule has 29 heavy (non-hydrogen) atoms. The molecule has 146 valence electrons. The summed E-state index contributed by atoms with van der Waals surface area (Å²) in [4.78, 5) is 16.6. The molecule has 0 spiro atoms. The number of aromatic nitrogens is 1. The molecule has 1 fully saturated rings. The van der Waals surface area contributed by atoms with Crippen LogP contribution in [0.4, 0.5) is 0 Å². The quantitative estimate of drug-likeness (QED) is 0.631. The van der Waals surface area contributed by atoms with E-state index in [1.807, 2.05) is 41.4 Å². The highest BCUT2D eigenvalue weighted by Gasteiger charge is 2.19. The molecule has 3 heterocycles. The van der Waals surface area contributed by atoms with Gasteiger partial charge in [-0.3, -0.25) is 9.69 Å². The third-order valence-electron chi connectivity index (χ3n) is 5.10. The van der Waals surface area contributed by atoms with Crippen LogP contribution >= 0.6 is 0 Å². The van der Waals surface area contributed by atoms with Crippen molar-refractivity contribution in [3.63, 3.8) is 0 Å². The molecule has 0 bridgehead atoms. The molecule has 2 aromatic heterocycles. The fourth-order valence-corrected chi connectivity index (χ4v) is 3.43. The van der Waals surface area contributed by atoms with Gasteiger partial charge in [-0.05, 0) is 48.0 Å². The number of nitriles is 1. The first kappa shape index (κ1) is 18.8. The van der Waals surface area contributed by atoms with Gasteiger partial charge in [0.1, 0.15) is 0 Å². The molecule has 0 saturated carbocycles. The Labute approximate surface area is 169 Å². The van der Waals surface area contributed by atoms with Crippen LogP contribution in [0.1, 0.15) is 16.7 Å². The second kappa shape index (κ2) is 8.63. The van der Waals surface area contributed by atoms with E-state index in [0.717, 1.165) is 44.0 Å². The van der Waals surface area contributed by atoms with E-state index in [9.17, 15) is 4.79 Å². The molecule has 6 heteroatoms. The van der Waals surface area contributed by atoms with Crippen LogP contribution < -0.4 is 0 Å². The lowest BCUT2D eigenvalue weighted by molar-refractivity contribution is -0.127. The summed E-state index contributed by atoms with van der Waals surface area (Å²) >= 11 is 0. The van der Waals surface area contributed by atoms with Gasteiger partial charge in [0.15, 0.2) is 0 Å². The average molecular weight is 386 g/mol. The minimum atomic E-state index is 0.0396.